The van der Waals surface area contributed by atoms with E-state index in [2.05, 4.69) is 5.10 Å². The molecule has 1 aliphatic heterocycles. The molecule has 3 aromatic rings. The molecule has 31 heavy (non-hydrogen) atoms. The molecule has 2 amide bonds. The average molecular weight is 420 g/mol. The van der Waals surface area contributed by atoms with E-state index in [0.29, 0.717) is 6.54 Å². The van der Waals surface area contributed by atoms with Crippen molar-refractivity contribution in [3.8, 4) is 5.69 Å². The van der Waals surface area contributed by atoms with Gasteiger partial charge in [-0.25, -0.2) is 9.07 Å². The fraction of sp³-hybridized carbons (Fsp3) is 0.292. The van der Waals surface area contributed by atoms with Crippen molar-refractivity contribution in [1.29, 1.82) is 0 Å². The number of rotatable bonds is 5. The van der Waals surface area contributed by atoms with E-state index < -0.39 is 11.7 Å². The van der Waals surface area contributed by atoms with Crippen molar-refractivity contribution in [3.05, 3.63) is 77.4 Å². The van der Waals surface area contributed by atoms with E-state index in [1.807, 2.05) is 48.9 Å². The molecule has 160 valence electrons. The van der Waals surface area contributed by atoms with Gasteiger partial charge in [-0.3, -0.25) is 9.59 Å². The van der Waals surface area contributed by atoms with Crippen LogP contribution in [0.2, 0.25) is 0 Å². The summed E-state index contributed by atoms with van der Waals surface area (Å²) < 4.78 is 16.0. The highest BCUT2D eigenvalue weighted by Gasteiger charge is 2.37. The van der Waals surface area contributed by atoms with Gasteiger partial charge in [0.05, 0.1) is 23.0 Å². The summed E-state index contributed by atoms with van der Waals surface area (Å²) in [7, 11) is 1.73. The third kappa shape index (κ3) is 3.95. The molecule has 1 atom stereocenters. The Morgan fingerprint density at radius 2 is 1.81 bits per heavy atom. The van der Waals surface area contributed by atoms with E-state index in [0.717, 1.165) is 22.6 Å². The maximum atomic E-state index is 14.1. The van der Waals surface area contributed by atoms with Crippen LogP contribution >= 0.6 is 0 Å². The number of hydrogen-bond acceptors (Lipinski definition) is 3. The number of anilines is 1. The molecule has 0 unspecified atom stereocenters. The van der Waals surface area contributed by atoms with Gasteiger partial charge in [0.2, 0.25) is 11.8 Å². The lowest BCUT2D eigenvalue weighted by Crippen LogP contribution is -2.34. The monoisotopic (exact) mass is 420 g/mol. The molecular weight excluding hydrogens is 395 g/mol. The van der Waals surface area contributed by atoms with Crippen LogP contribution < -0.4 is 4.90 Å². The zero-order chi connectivity index (χ0) is 22.1. The molecule has 1 aliphatic rings. The molecular formula is C24H25FN4O2. The van der Waals surface area contributed by atoms with Crippen LogP contribution in [0.5, 0.6) is 0 Å². The molecule has 2 heterocycles. The van der Waals surface area contributed by atoms with Gasteiger partial charge in [-0.1, -0.05) is 30.3 Å². The van der Waals surface area contributed by atoms with Gasteiger partial charge in [0.25, 0.3) is 0 Å². The molecule has 0 saturated carbocycles. The number of carbonyl (C=O) groups is 2. The van der Waals surface area contributed by atoms with Crippen molar-refractivity contribution in [2.24, 2.45) is 5.92 Å². The van der Waals surface area contributed by atoms with E-state index in [4.69, 9.17) is 0 Å². The largest absolute Gasteiger partial charge is 0.341 e. The number of nitrogens with zero attached hydrogens (tertiary/aromatic N) is 4. The first-order valence-corrected chi connectivity index (χ1v) is 10.3. The van der Waals surface area contributed by atoms with Crippen LogP contribution in [0, 0.1) is 25.6 Å². The summed E-state index contributed by atoms with van der Waals surface area (Å²) in [6, 6.07) is 16.0. The summed E-state index contributed by atoms with van der Waals surface area (Å²) in [4.78, 5) is 28.6. The minimum absolute atomic E-state index is 0.0821. The Balaban J connectivity index is 1.49. The number of hydrogen-bond donors (Lipinski definition) is 0. The summed E-state index contributed by atoms with van der Waals surface area (Å²) in [6.45, 7) is 4.50. The highest BCUT2D eigenvalue weighted by Crippen LogP contribution is 2.29. The van der Waals surface area contributed by atoms with Crippen molar-refractivity contribution < 1.29 is 14.0 Å². The topological polar surface area (TPSA) is 58.4 Å². The third-order valence-corrected chi connectivity index (χ3v) is 5.83. The van der Waals surface area contributed by atoms with Gasteiger partial charge in [0, 0.05) is 37.8 Å². The number of aryl methyl sites for hydroxylation is 1. The molecule has 0 N–H and O–H groups in total. The predicted molar refractivity (Wildman–Crippen MR) is 116 cm³/mol. The van der Waals surface area contributed by atoms with Crippen molar-refractivity contribution >= 4 is 17.5 Å². The number of carbonyl (C=O) groups excluding carboxylic acids is 2. The lowest BCUT2D eigenvalue weighted by molar-refractivity contribution is -0.135. The first kappa shape index (κ1) is 20.8. The number of amides is 2. The molecule has 2 aromatic carbocycles. The van der Waals surface area contributed by atoms with E-state index in [1.54, 1.807) is 30.1 Å². The highest BCUT2D eigenvalue weighted by molar-refractivity contribution is 6.00. The predicted octanol–water partition coefficient (Wildman–Crippen LogP) is 3.64. The zero-order valence-corrected chi connectivity index (χ0v) is 17.9. The zero-order valence-electron chi connectivity index (χ0n) is 17.9. The van der Waals surface area contributed by atoms with E-state index >= 15 is 0 Å². The number of benzene rings is 2. The maximum Gasteiger partial charge on any atom is 0.228 e. The van der Waals surface area contributed by atoms with Gasteiger partial charge in [0.1, 0.15) is 5.82 Å². The van der Waals surface area contributed by atoms with Crippen LogP contribution in [0.3, 0.4) is 0 Å². The Morgan fingerprint density at radius 3 is 2.52 bits per heavy atom. The summed E-state index contributed by atoms with van der Waals surface area (Å²) in [5.74, 6) is -1.32. The van der Waals surface area contributed by atoms with Crippen molar-refractivity contribution in [2.75, 3.05) is 18.5 Å². The lowest BCUT2D eigenvalue weighted by atomic mass is 10.1. The first-order chi connectivity index (χ1) is 14.9. The Labute approximate surface area is 180 Å². The fourth-order valence-electron chi connectivity index (χ4n) is 4.13. The quantitative estimate of drug-likeness (QED) is 0.633. The van der Waals surface area contributed by atoms with Crippen molar-refractivity contribution in [1.82, 2.24) is 14.7 Å². The number of aromatic nitrogens is 2. The van der Waals surface area contributed by atoms with Crippen LogP contribution in [0.25, 0.3) is 5.69 Å². The van der Waals surface area contributed by atoms with Gasteiger partial charge >= 0.3 is 0 Å². The van der Waals surface area contributed by atoms with Gasteiger partial charge in [-0.2, -0.15) is 5.10 Å². The first-order valence-electron chi connectivity index (χ1n) is 10.3. The van der Waals surface area contributed by atoms with Crippen LogP contribution in [0.15, 0.2) is 54.6 Å². The minimum Gasteiger partial charge on any atom is -0.341 e. The standard InChI is InChI=1S/C24H25FN4O2/c1-16-20(17(2)29(26-16)19-9-5-4-6-10-19)15-27(3)24(31)18-13-23(30)28(14-18)22-12-8-7-11-21(22)25/h4-12,18H,13-15H2,1-3H3/t18-/m0/s1. The minimum atomic E-state index is -0.498. The summed E-state index contributed by atoms with van der Waals surface area (Å²) in [5, 5.41) is 4.64. The van der Waals surface area contributed by atoms with Crippen LogP contribution in [-0.4, -0.2) is 40.1 Å². The van der Waals surface area contributed by atoms with Crippen LogP contribution in [-0.2, 0) is 16.1 Å². The maximum absolute atomic E-state index is 14.1. The summed E-state index contributed by atoms with van der Waals surface area (Å²) in [6.07, 6.45) is 0.0821. The van der Waals surface area contributed by atoms with Crippen LogP contribution in [0.4, 0.5) is 10.1 Å². The lowest BCUT2D eigenvalue weighted by Gasteiger charge is -2.22. The smallest absolute Gasteiger partial charge is 0.228 e. The Morgan fingerprint density at radius 1 is 1.13 bits per heavy atom. The molecule has 1 fully saturated rings. The second-order valence-electron chi connectivity index (χ2n) is 7.95. The normalized spacial score (nSPS) is 16.1. The molecule has 7 heteroatoms. The molecule has 0 radical (unpaired) electrons. The van der Waals surface area contributed by atoms with Gasteiger partial charge in [-0.15, -0.1) is 0 Å². The second kappa shape index (κ2) is 8.34. The molecule has 1 aromatic heterocycles. The third-order valence-electron chi connectivity index (χ3n) is 5.83. The van der Waals surface area contributed by atoms with E-state index in [1.165, 1.54) is 11.0 Å². The molecule has 4 rings (SSSR count). The molecule has 0 bridgehead atoms. The number of halogens is 1. The van der Waals surface area contributed by atoms with E-state index in [-0.39, 0.29) is 30.5 Å². The van der Waals surface area contributed by atoms with Crippen molar-refractivity contribution in [3.63, 3.8) is 0 Å². The second-order valence-corrected chi connectivity index (χ2v) is 7.95. The molecule has 1 saturated heterocycles. The Hall–Kier alpha value is -3.48. The Bertz CT molecular complexity index is 1130. The summed E-state index contributed by atoms with van der Waals surface area (Å²) in [5.41, 5.74) is 4.00. The SMILES string of the molecule is Cc1nn(-c2ccccc2)c(C)c1CN(C)C(=O)[C@H]1CC(=O)N(c2ccccc2F)C1. The van der Waals surface area contributed by atoms with Crippen LogP contribution in [0.1, 0.15) is 23.4 Å². The average Bonchev–Trinajstić information content (AvgIpc) is 3.29. The number of para-hydroxylation sites is 2. The molecule has 6 nitrogen and oxygen atoms in total. The van der Waals surface area contributed by atoms with Gasteiger partial charge in [-0.05, 0) is 38.1 Å². The van der Waals surface area contributed by atoms with E-state index in [9.17, 15) is 14.0 Å². The Kier molecular flexibility index (Phi) is 5.59. The highest BCUT2D eigenvalue weighted by atomic mass is 19.1. The fourth-order valence-corrected chi connectivity index (χ4v) is 4.13. The molecule has 0 spiro atoms. The van der Waals surface area contributed by atoms with Crippen molar-refractivity contribution in [2.45, 2.75) is 26.8 Å². The van der Waals surface area contributed by atoms with Gasteiger partial charge in [0.15, 0.2) is 0 Å². The molecule has 0 aliphatic carbocycles. The summed E-state index contributed by atoms with van der Waals surface area (Å²) >= 11 is 0. The van der Waals surface area contributed by atoms with Gasteiger partial charge < -0.3 is 9.80 Å².